The zero-order valence-corrected chi connectivity index (χ0v) is 18.6. The van der Waals surface area contributed by atoms with Crippen molar-refractivity contribution in [1.29, 1.82) is 0 Å². The van der Waals surface area contributed by atoms with Gasteiger partial charge in [-0.15, -0.1) is 0 Å². The summed E-state index contributed by atoms with van der Waals surface area (Å²) in [5, 5.41) is 11.2. The minimum atomic E-state index is -0.702. The van der Waals surface area contributed by atoms with Crippen LogP contribution in [0.25, 0.3) is 5.76 Å². The molecule has 32 heavy (non-hydrogen) atoms. The highest BCUT2D eigenvalue weighted by Gasteiger charge is 2.46. The second-order valence-electron chi connectivity index (χ2n) is 8.38. The minimum Gasteiger partial charge on any atom is -0.507 e. The predicted molar refractivity (Wildman–Crippen MR) is 128 cm³/mol. The molecule has 1 aliphatic heterocycles. The molecule has 0 bridgehead atoms. The lowest BCUT2D eigenvalue weighted by atomic mass is 9.94. The van der Waals surface area contributed by atoms with Gasteiger partial charge in [0.25, 0.3) is 11.7 Å². The molecule has 1 unspecified atom stereocenters. The van der Waals surface area contributed by atoms with Crippen molar-refractivity contribution in [3.05, 3.63) is 107 Å². The Balaban J connectivity index is 1.87. The highest BCUT2D eigenvalue weighted by Crippen LogP contribution is 2.42. The van der Waals surface area contributed by atoms with Gasteiger partial charge in [-0.1, -0.05) is 87.5 Å². The number of benzene rings is 3. The summed E-state index contributed by atoms with van der Waals surface area (Å²) in [6, 6.07) is 23.8. The van der Waals surface area contributed by atoms with E-state index in [2.05, 4.69) is 20.8 Å². The molecule has 0 spiro atoms. The number of rotatable bonds is 5. The Kier molecular flexibility index (Phi) is 5.95. The van der Waals surface area contributed by atoms with Gasteiger partial charge in [0, 0.05) is 11.3 Å². The van der Waals surface area contributed by atoms with E-state index in [1.807, 2.05) is 66.7 Å². The number of nitrogens with zero attached hydrogens (tertiary/aromatic N) is 1. The highest BCUT2D eigenvalue weighted by atomic mass is 16.3. The first-order chi connectivity index (χ1) is 15.4. The normalized spacial score (nSPS) is 17.9. The van der Waals surface area contributed by atoms with Gasteiger partial charge in [-0.25, -0.2) is 0 Å². The van der Waals surface area contributed by atoms with Gasteiger partial charge in [0.05, 0.1) is 11.6 Å². The smallest absolute Gasteiger partial charge is 0.300 e. The highest BCUT2D eigenvalue weighted by molar-refractivity contribution is 6.51. The number of ketones is 1. The Hall–Kier alpha value is -3.66. The van der Waals surface area contributed by atoms with Gasteiger partial charge in [-0.3, -0.25) is 14.5 Å². The number of hydrogen-bond acceptors (Lipinski definition) is 3. The molecule has 1 fully saturated rings. The molecule has 3 aromatic carbocycles. The zero-order chi connectivity index (χ0) is 22.8. The fourth-order valence-electron chi connectivity index (χ4n) is 4.12. The number of amides is 1. The van der Waals surface area contributed by atoms with Crippen molar-refractivity contribution in [2.75, 3.05) is 4.90 Å². The number of Topliss-reactive ketones (excluding diaryl/α,β-unsaturated/α-hetero) is 1. The molecule has 4 heteroatoms. The van der Waals surface area contributed by atoms with Crippen molar-refractivity contribution in [1.82, 2.24) is 0 Å². The number of carbonyl (C=O) groups excluding carboxylic acids is 2. The lowest BCUT2D eigenvalue weighted by molar-refractivity contribution is -0.132. The Morgan fingerprint density at radius 2 is 1.53 bits per heavy atom. The van der Waals surface area contributed by atoms with Gasteiger partial charge in [0.1, 0.15) is 5.76 Å². The summed E-state index contributed by atoms with van der Waals surface area (Å²) in [5.74, 6) is -1.11. The topological polar surface area (TPSA) is 57.6 Å². The fraction of sp³-hybridized carbons (Fsp3) is 0.214. The zero-order valence-electron chi connectivity index (χ0n) is 18.6. The first-order valence-electron chi connectivity index (χ1n) is 11.0. The minimum absolute atomic E-state index is 0.110. The van der Waals surface area contributed by atoms with Crippen molar-refractivity contribution in [2.45, 2.75) is 39.2 Å². The van der Waals surface area contributed by atoms with Crippen molar-refractivity contribution in [3.8, 4) is 0 Å². The van der Waals surface area contributed by atoms with Crippen LogP contribution in [0.3, 0.4) is 0 Å². The van der Waals surface area contributed by atoms with Crippen LogP contribution in [0.15, 0.2) is 84.4 Å². The first-order valence-corrected chi connectivity index (χ1v) is 11.0. The second kappa shape index (κ2) is 8.83. The molecule has 0 radical (unpaired) electrons. The van der Waals surface area contributed by atoms with Crippen LogP contribution in [-0.4, -0.2) is 16.8 Å². The molecule has 1 N–H and O–H groups in total. The van der Waals surface area contributed by atoms with E-state index < -0.39 is 17.7 Å². The summed E-state index contributed by atoms with van der Waals surface area (Å²) < 4.78 is 0. The van der Waals surface area contributed by atoms with Crippen LogP contribution in [-0.2, 0) is 16.0 Å². The van der Waals surface area contributed by atoms with Gasteiger partial charge in [0.15, 0.2) is 0 Å². The quantitative estimate of drug-likeness (QED) is 0.310. The number of aliphatic hydroxyl groups excluding tert-OH is 1. The molecule has 162 valence electrons. The summed E-state index contributed by atoms with van der Waals surface area (Å²) >= 11 is 0. The van der Waals surface area contributed by atoms with Crippen LogP contribution in [0, 0.1) is 0 Å². The van der Waals surface area contributed by atoms with E-state index in [0.29, 0.717) is 17.2 Å². The molecule has 0 aliphatic carbocycles. The molecule has 1 aliphatic rings. The van der Waals surface area contributed by atoms with E-state index in [9.17, 15) is 14.7 Å². The summed E-state index contributed by atoms with van der Waals surface area (Å²) in [6.45, 7) is 6.27. The summed E-state index contributed by atoms with van der Waals surface area (Å²) in [6.07, 6.45) is 0.877. The number of aliphatic hydroxyl groups is 1. The van der Waals surface area contributed by atoms with Crippen LogP contribution in [0.4, 0.5) is 5.69 Å². The maximum atomic E-state index is 13.2. The maximum absolute atomic E-state index is 13.2. The summed E-state index contributed by atoms with van der Waals surface area (Å²) in [4.78, 5) is 27.9. The van der Waals surface area contributed by atoms with Crippen molar-refractivity contribution in [3.63, 3.8) is 0 Å². The van der Waals surface area contributed by atoms with E-state index in [1.54, 1.807) is 12.1 Å². The van der Waals surface area contributed by atoms with Gasteiger partial charge in [0.2, 0.25) is 0 Å². The van der Waals surface area contributed by atoms with Crippen LogP contribution < -0.4 is 4.90 Å². The molecule has 3 aromatic rings. The molecule has 1 heterocycles. The molecule has 0 saturated carbocycles. The Morgan fingerprint density at radius 1 is 0.906 bits per heavy atom. The molecule has 4 rings (SSSR count). The SMILES string of the molecule is CCc1ccc(/C(O)=C2\C(=O)C(=O)N(c3ccc(C(C)C)cc3)C2c2ccccc2)cc1. The van der Waals surface area contributed by atoms with Crippen LogP contribution in [0.5, 0.6) is 0 Å². The van der Waals surface area contributed by atoms with E-state index in [-0.39, 0.29) is 11.3 Å². The fourth-order valence-corrected chi connectivity index (χ4v) is 4.12. The molecule has 4 nitrogen and oxygen atoms in total. The number of hydrogen-bond donors (Lipinski definition) is 1. The Labute approximate surface area is 188 Å². The van der Waals surface area contributed by atoms with Gasteiger partial charge in [-0.05, 0) is 41.2 Å². The molecule has 1 amide bonds. The first kappa shape index (κ1) is 21.6. The third-order valence-electron chi connectivity index (χ3n) is 6.03. The standard InChI is InChI=1S/C28H27NO3/c1-4-19-10-12-22(13-11-19)26(30)24-25(21-8-6-5-7-9-21)29(28(32)27(24)31)23-16-14-20(15-17-23)18(2)3/h5-18,25,30H,4H2,1-3H3/b26-24+. The largest absolute Gasteiger partial charge is 0.507 e. The third-order valence-corrected chi connectivity index (χ3v) is 6.03. The molecular weight excluding hydrogens is 398 g/mol. The van der Waals surface area contributed by atoms with Crippen molar-refractivity contribution in [2.24, 2.45) is 0 Å². The molecule has 1 saturated heterocycles. The molecule has 0 aromatic heterocycles. The summed E-state index contributed by atoms with van der Waals surface area (Å²) in [5.41, 5.74) is 4.32. The van der Waals surface area contributed by atoms with E-state index in [4.69, 9.17) is 0 Å². The molecule has 1 atom stereocenters. The van der Waals surface area contributed by atoms with Crippen molar-refractivity contribution >= 4 is 23.1 Å². The van der Waals surface area contributed by atoms with Crippen molar-refractivity contribution < 1.29 is 14.7 Å². The lowest BCUT2D eigenvalue weighted by Gasteiger charge is -2.25. The Morgan fingerprint density at radius 3 is 2.09 bits per heavy atom. The third kappa shape index (κ3) is 3.84. The van der Waals surface area contributed by atoms with Gasteiger partial charge in [-0.2, -0.15) is 0 Å². The monoisotopic (exact) mass is 425 g/mol. The molecular formula is C28H27NO3. The Bertz CT molecular complexity index is 1160. The van der Waals surface area contributed by atoms with E-state index in [1.165, 1.54) is 4.90 Å². The number of anilines is 1. The van der Waals surface area contributed by atoms with Crippen LogP contribution in [0.2, 0.25) is 0 Å². The van der Waals surface area contributed by atoms with E-state index >= 15 is 0 Å². The average molecular weight is 426 g/mol. The van der Waals surface area contributed by atoms with E-state index in [0.717, 1.165) is 23.1 Å². The average Bonchev–Trinajstić information content (AvgIpc) is 3.09. The maximum Gasteiger partial charge on any atom is 0.300 e. The van der Waals surface area contributed by atoms with Crippen LogP contribution >= 0.6 is 0 Å². The van der Waals surface area contributed by atoms with Gasteiger partial charge < -0.3 is 5.11 Å². The van der Waals surface area contributed by atoms with Crippen LogP contribution in [0.1, 0.15) is 55.0 Å². The summed E-state index contributed by atoms with van der Waals surface area (Å²) in [7, 11) is 0. The predicted octanol–water partition coefficient (Wildman–Crippen LogP) is 6.00. The van der Waals surface area contributed by atoms with Gasteiger partial charge >= 0.3 is 0 Å². The number of aryl methyl sites for hydroxylation is 1. The lowest BCUT2D eigenvalue weighted by Crippen LogP contribution is -2.29. The second-order valence-corrected chi connectivity index (χ2v) is 8.38. The number of carbonyl (C=O) groups is 2.